The zero-order chi connectivity index (χ0) is 24.6. The van der Waals surface area contributed by atoms with E-state index < -0.39 is 0 Å². The maximum Gasteiger partial charge on any atom is 0.271 e. The Balaban J connectivity index is 1.84. The molecule has 3 aromatic carbocycles. The van der Waals surface area contributed by atoms with Crippen LogP contribution in [0.2, 0.25) is 0 Å². The summed E-state index contributed by atoms with van der Waals surface area (Å²) in [5, 5.41) is 11.1. The van der Waals surface area contributed by atoms with E-state index in [4.69, 9.17) is 9.73 Å². The van der Waals surface area contributed by atoms with E-state index in [0.29, 0.717) is 25.9 Å². The second-order valence-corrected chi connectivity index (χ2v) is 10.1. The van der Waals surface area contributed by atoms with Gasteiger partial charge in [0.25, 0.3) is 5.91 Å². The lowest BCUT2D eigenvalue weighted by atomic mass is 10.1. The lowest BCUT2D eigenvalue weighted by Gasteiger charge is -2.17. The first kappa shape index (κ1) is 24.1. The summed E-state index contributed by atoms with van der Waals surface area (Å²) < 4.78 is 5.81. The number of aryl methyl sites for hydroxylation is 4. The number of methoxy groups -OCH3 is 1. The quantitative estimate of drug-likeness (QED) is 0.358. The van der Waals surface area contributed by atoms with Crippen molar-refractivity contribution >= 4 is 56.2 Å². The number of ether oxygens (including phenoxy) is 1. The molecule has 0 aromatic heterocycles. The van der Waals surface area contributed by atoms with Crippen molar-refractivity contribution in [2.75, 3.05) is 12.0 Å². The number of amides is 1. The van der Waals surface area contributed by atoms with Crippen LogP contribution in [-0.4, -0.2) is 23.3 Å². The summed E-state index contributed by atoms with van der Waals surface area (Å²) in [5.41, 5.74) is 6.57. The molecule has 1 amide bonds. The Morgan fingerprint density at radius 1 is 0.971 bits per heavy atom. The minimum absolute atomic E-state index is 0.0407. The number of halogens is 1. The molecule has 0 bridgehead atoms. The standard InChI is InChI=1S/C27H25BrN2O3S/c1-15-6-8-20(10-17(15)3)29-27-30(21-9-7-16(2)18(4)11-21)26(32)24(34-27)13-19-12-22(33-5)14-23(28)25(19)31/h6-14,31H,1-5H3/b24-13+,29-27?. The second-order valence-electron chi connectivity index (χ2n) is 8.23. The number of aromatic hydroxyl groups is 1. The molecule has 0 unspecified atom stereocenters. The fourth-order valence-electron chi connectivity index (χ4n) is 3.51. The van der Waals surface area contributed by atoms with Crippen LogP contribution < -0.4 is 9.64 Å². The molecule has 3 aromatic rings. The van der Waals surface area contributed by atoms with Crippen molar-refractivity contribution in [3.8, 4) is 11.5 Å². The number of amidine groups is 1. The Morgan fingerprint density at radius 2 is 1.65 bits per heavy atom. The van der Waals surface area contributed by atoms with Crippen molar-refractivity contribution in [2.24, 2.45) is 4.99 Å². The Hall–Kier alpha value is -3.03. The molecule has 1 heterocycles. The van der Waals surface area contributed by atoms with E-state index in [0.717, 1.165) is 28.1 Å². The largest absolute Gasteiger partial charge is 0.506 e. The third-order valence-corrected chi connectivity index (χ3v) is 7.43. The minimum atomic E-state index is -0.200. The topological polar surface area (TPSA) is 62.1 Å². The number of nitrogens with zero attached hydrogens (tertiary/aromatic N) is 2. The van der Waals surface area contributed by atoms with Gasteiger partial charge in [-0.3, -0.25) is 9.69 Å². The first-order chi connectivity index (χ1) is 16.2. The summed E-state index contributed by atoms with van der Waals surface area (Å²) in [7, 11) is 1.56. The highest BCUT2D eigenvalue weighted by Gasteiger charge is 2.35. The molecular weight excluding hydrogens is 512 g/mol. The Labute approximate surface area is 212 Å². The number of rotatable bonds is 4. The van der Waals surface area contributed by atoms with Gasteiger partial charge < -0.3 is 9.84 Å². The van der Waals surface area contributed by atoms with Crippen LogP contribution >= 0.6 is 27.7 Å². The van der Waals surface area contributed by atoms with Gasteiger partial charge in [-0.05, 0) is 120 Å². The van der Waals surface area contributed by atoms with E-state index >= 15 is 0 Å². The summed E-state index contributed by atoms with van der Waals surface area (Å²) in [6.07, 6.45) is 1.67. The van der Waals surface area contributed by atoms with Gasteiger partial charge in [-0.15, -0.1) is 0 Å². The van der Waals surface area contributed by atoms with Crippen LogP contribution in [0, 0.1) is 27.7 Å². The molecular formula is C27H25BrN2O3S. The predicted octanol–water partition coefficient (Wildman–Crippen LogP) is 7.21. The van der Waals surface area contributed by atoms with Crippen molar-refractivity contribution < 1.29 is 14.6 Å². The average Bonchev–Trinajstić information content (AvgIpc) is 3.10. The molecule has 0 spiro atoms. The van der Waals surface area contributed by atoms with E-state index in [2.05, 4.69) is 22.9 Å². The molecule has 1 saturated heterocycles. The van der Waals surface area contributed by atoms with Crippen molar-refractivity contribution in [3.63, 3.8) is 0 Å². The zero-order valence-corrected chi connectivity index (χ0v) is 22.0. The molecule has 1 N–H and O–H groups in total. The lowest BCUT2D eigenvalue weighted by molar-refractivity contribution is -0.113. The van der Waals surface area contributed by atoms with Crippen LogP contribution in [0.15, 0.2) is 62.9 Å². The number of carbonyl (C=O) groups is 1. The predicted molar refractivity (Wildman–Crippen MR) is 144 cm³/mol. The number of carbonyl (C=O) groups excluding carboxylic acids is 1. The molecule has 7 heteroatoms. The van der Waals surface area contributed by atoms with Crippen LogP contribution in [-0.2, 0) is 4.79 Å². The molecule has 0 aliphatic carbocycles. The van der Waals surface area contributed by atoms with E-state index in [1.165, 1.54) is 17.3 Å². The van der Waals surface area contributed by atoms with Crippen LogP contribution in [0.5, 0.6) is 11.5 Å². The number of aliphatic imine (C=N–C) groups is 1. The molecule has 4 rings (SSSR count). The normalized spacial score (nSPS) is 16.1. The number of phenolic OH excluding ortho intramolecular Hbond substituents is 1. The highest BCUT2D eigenvalue weighted by molar-refractivity contribution is 9.10. The van der Waals surface area contributed by atoms with E-state index in [-0.39, 0.29) is 11.7 Å². The van der Waals surface area contributed by atoms with Gasteiger partial charge in [-0.2, -0.15) is 0 Å². The van der Waals surface area contributed by atoms with E-state index in [9.17, 15) is 9.90 Å². The number of benzene rings is 3. The molecule has 174 valence electrons. The van der Waals surface area contributed by atoms with Crippen molar-refractivity contribution in [1.82, 2.24) is 0 Å². The van der Waals surface area contributed by atoms with Gasteiger partial charge in [0.2, 0.25) is 0 Å². The minimum Gasteiger partial charge on any atom is -0.506 e. The Kier molecular flexibility index (Phi) is 6.86. The van der Waals surface area contributed by atoms with Gasteiger partial charge in [0, 0.05) is 5.56 Å². The molecule has 1 aliphatic heterocycles. The van der Waals surface area contributed by atoms with Crippen molar-refractivity contribution in [2.45, 2.75) is 27.7 Å². The van der Waals surface area contributed by atoms with Gasteiger partial charge >= 0.3 is 0 Å². The third kappa shape index (κ3) is 4.76. The first-order valence-corrected chi connectivity index (χ1v) is 12.3. The summed E-state index contributed by atoms with van der Waals surface area (Å²) in [5.74, 6) is 0.412. The maximum atomic E-state index is 13.6. The molecule has 1 fully saturated rings. The average molecular weight is 537 g/mol. The SMILES string of the molecule is COc1cc(Br)c(O)c(/C=C2/SC(=Nc3ccc(C)c(C)c3)N(c3ccc(C)c(C)c3)C2=O)c1. The number of hydrogen-bond donors (Lipinski definition) is 1. The third-order valence-electron chi connectivity index (χ3n) is 5.86. The van der Waals surface area contributed by atoms with Crippen LogP contribution in [0.4, 0.5) is 11.4 Å². The fraction of sp³-hybridized carbons (Fsp3) is 0.185. The molecule has 5 nitrogen and oxygen atoms in total. The summed E-state index contributed by atoms with van der Waals surface area (Å²) in [4.78, 5) is 20.5. The molecule has 34 heavy (non-hydrogen) atoms. The molecule has 0 atom stereocenters. The molecule has 0 saturated carbocycles. The van der Waals surface area contributed by atoms with Crippen molar-refractivity contribution in [1.29, 1.82) is 0 Å². The van der Waals surface area contributed by atoms with Crippen LogP contribution in [0.3, 0.4) is 0 Å². The lowest BCUT2D eigenvalue weighted by Crippen LogP contribution is -2.28. The smallest absolute Gasteiger partial charge is 0.271 e. The van der Waals surface area contributed by atoms with E-state index in [1.54, 1.807) is 30.2 Å². The van der Waals surface area contributed by atoms with Crippen LogP contribution in [0.1, 0.15) is 27.8 Å². The highest BCUT2D eigenvalue weighted by Crippen LogP contribution is 2.40. The Bertz CT molecular complexity index is 1360. The first-order valence-electron chi connectivity index (χ1n) is 10.7. The molecule has 0 radical (unpaired) electrons. The highest BCUT2D eigenvalue weighted by atomic mass is 79.9. The zero-order valence-electron chi connectivity index (χ0n) is 19.6. The number of thioether (sulfide) groups is 1. The second kappa shape index (κ2) is 9.68. The number of hydrogen-bond acceptors (Lipinski definition) is 5. The monoisotopic (exact) mass is 536 g/mol. The van der Waals surface area contributed by atoms with Gasteiger partial charge in [0.1, 0.15) is 11.5 Å². The molecule has 1 aliphatic rings. The number of anilines is 1. The number of phenols is 1. The van der Waals surface area contributed by atoms with Gasteiger partial charge in [0.05, 0.1) is 27.9 Å². The van der Waals surface area contributed by atoms with Crippen molar-refractivity contribution in [3.05, 3.63) is 85.7 Å². The summed E-state index contributed by atoms with van der Waals surface area (Å²) in [6.45, 7) is 8.16. The van der Waals surface area contributed by atoms with Crippen LogP contribution in [0.25, 0.3) is 6.08 Å². The maximum absolute atomic E-state index is 13.6. The Morgan fingerprint density at radius 3 is 2.29 bits per heavy atom. The summed E-state index contributed by atoms with van der Waals surface area (Å²) in [6, 6.07) is 15.3. The van der Waals surface area contributed by atoms with Gasteiger partial charge in [-0.1, -0.05) is 12.1 Å². The van der Waals surface area contributed by atoms with Gasteiger partial charge in [0.15, 0.2) is 5.17 Å². The van der Waals surface area contributed by atoms with E-state index in [1.807, 2.05) is 57.2 Å². The van der Waals surface area contributed by atoms with Gasteiger partial charge in [-0.25, -0.2) is 4.99 Å². The summed E-state index contributed by atoms with van der Waals surface area (Å²) >= 11 is 4.63. The fourth-order valence-corrected chi connectivity index (χ4v) is 4.96.